The molecule has 3 nitrogen and oxygen atoms in total. The Balaban J connectivity index is 1.96. The lowest BCUT2D eigenvalue weighted by Crippen LogP contribution is -2.22. The zero-order valence-electron chi connectivity index (χ0n) is 10.7. The first-order chi connectivity index (χ1) is 7.83. The van der Waals surface area contributed by atoms with Crippen LogP contribution in [-0.2, 0) is 6.42 Å². The highest BCUT2D eigenvalue weighted by molar-refractivity contribution is 4.94. The molecule has 0 aliphatic rings. The Morgan fingerprint density at radius 3 is 2.69 bits per heavy atom. The maximum absolute atomic E-state index is 4.02. The van der Waals surface area contributed by atoms with Crippen molar-refractivity contribution in [1.82, 2.24) is 14.9 Å². The Morgan fingerprint density at radius 1 is 1.19 bits per heavy atom. The molecular formula is C13H25N3. The van der Waals surface area contributed by atoms with E-state index in [4.69, 9.17) is 0 Å². The zero-order valence-corrected chi connectivity index (χ0v) is 10.7. The van der Waals surface area contributed by atoms with Crippen LogP contribution in [0, 0.1) is 0 Å². The third-order valence-corrected chi connectivity index (χ3v) is 2.96. The van der Waals surface area contributed by atoms with Gasteiger partial charge in [0.05, 0.1) is 6.33 Å². The van der Waals surface area contributed by atoms with E-state index < -0.39 is 0 Å². The van der Waals surface area contributed by atoms with Gasteiger partial charge in [-0.05, 0) is 20.0 Å². The van der Waals surface area contributed by atoms with Crippen LogP contribution in [0.25, 0.3) is 0 Å². The molecule has 0 aliphatic carbocycles. The van der Waals surface area contributed by atoms with Crippen molar-refractivity contribution in [1.29, 1.82) is 0 Å². The summed E-state index contributed by atoms with van der Waals surface area (Å²) >= 11 is 0. The zero-order chi connectivity index (χ0) is 11.6. The molecule has 0 amide bonds. The number of imidazole rings is 1. The lowest BCUT2D eigenvalue weighted by atomic mass is 10.1. The predicted octanol–water partition coefficient (Wildman–Crippen LogP) is 2.85. The second-order valence-electron chi connectivity index (χ2n) is 4.54. The average molecular weight is 223 g/mol. The van der Waals surface area contributed by atoms with E-state index in [0.717, 1.165) is 13.0 Å². The van der Waals surface area contributed by atoms with E-state index >= 15 is 0 Å². The van der Waals surface area contributed by atoms with E-state index in [1.165, 1.54) is 44.3 Å². The van der Waals surface area contributed by atoms with Crippen LogP contribution >= 0.6 is 0 Å². The molecule has 0 spiro atoms. The third-order valence-electron chi connectivity index (χ3n) is 2.96. The van der Waals surface area contributed by atoms with Gasteiger partial charge < -0.3 is 9.88 Å². The molecule has 1 aromatic heterocycles. The molecule has 1 N–H and O–H groups in total. The highest BCUT2D eigenvalue weighted by Gasteiger charge is 1.99. The lowest BCUT2D eigenvalue weighted by molar-refractivity contribution is 0.327. The lowest BCUT2D eigenvalue weighted by Gasteiger charge is -2.15. The summed E-state index contributed by atoms with van der Waals surface area (Å²) in [6, 6.07) is 0. The number of nitrogens with one attached hydrogen (secondary N) is 1. The Bertz CT molecular complexity index is 244. The summed E-state index contributed by atoms with van der Waals surface area (Å²) in [7, 11) is 2.20. The summed E-state index contributed by atoms with van der Waals surface area (Å²) in [5.74, 6) is 0. The number of likely N-dealkylation sites (N-methyl/N-ethyl adjacent to an activating group) is 1. The van der Waals surface area contributed by atoms with Gasteiger partial charge in [-0.1, -0.05) is 32.6 Å². The van der Waals surface area contributed by atoms with E-state index in [0.29, 0.717) is 0 Å². The van der Waals surface area contributed by atoms with Gasteiger partial charge in [0.2, 0.25) is 0 Å². The van der Waals surface area contributed by atoms with Gasteiger partial charge in [-0.3, -0.25) is 0 Å². The van der Waals surface area contributed by atoms with Crippen LogP contribution in [-0.4, -0.2) is 35.0 Å². The van der Waals surface area contributed by atoms with Crippen LogP contribution in [0.1, 0.15) is 44.7 Å². The number of H-pyrrole nitrogens is 1. The molecule has 1 rings (SSSR count). The number of aromatic nitrogens is 2. The van der Waals surface area contributed by atoms with Gasteiger partial charge in [-0.15, -0.1) is 0 Å². The topological polar surface area (TPSA) is 31.9 Å². The number of hydrogen-bond donors (Lipinski definition) is 1. The van der Waals surface area contributed by atoms with Crippen molar-refractivity contribution in [3.63, 3.8) is 0 Å². The van der Waals surface area contributed by atoms with Crippen LogP contribution in [0.2, 0.25) is 0 Å². The van der Waals surface area contributed by atoms with Gasteiger partial charge in [0.1, 0.15) is 0 Å². The van der Waals surface area contributed by atoms with Crippen LogP contribution in [0.4, 0.5) is 0 Å². The fourth-order valence-electron chi connectivity index (χ4n) is 1.83. The van der Waals surface area contributed by atoms with Crippen molar-refractivity contribution in [2.24, 2.45) is 0 Å². The fourth-order valence-corrected chi connectivity index (χ4v) is 1.83. The minimum atomic E-state index is 1.07. The van der Waals surface area contributed by atoms with Crippen molar-refractivity contribution < 1.29 is 0 Å². The quantitative estimate of drug-likeness (QED) is 0.653. The maximum Gasteiger partial charge on any atom is 0.0921 e. The fraction of sp³-hybridized carbons (Fsp3) is 0.769. The molecule has 0 unspecified atom stereocenters. The third kappa shape index (κ3) is 5.91. The van der Waals surface area contributed by atoms with Gasteiger partial charge in [0.15, 0.2) is 0 Å². The minimum Gasteiger partial charge on any atom is -0.348 e. The summed E-state index contributed by atoms with van der Waals surface area (Å²) in [5, 5.41) is 0. The molecule has 0 saturated carbocycles. The maximum atomic E-state index is 4.02. The molecule has 0 bridgehead atoms. The van der Waals surface area contributed by atoms with Crippen molar-refractivity contribution >= 4 is 0 Å². The predicted molar refractivity (Wildman–Crippen MR) is 68.5 cm³/mol. The van der Waals surface area contributed by atoms with E-state index in [1.807, 2.05) is 6.20 Å². The van der Waals surface area contributed by atoms with Crippen LogP contribution < -0.4 is 0 Å². The van der Waals surface area contributed by atoms with Gasteiger partial charge in [0, 0.05) is 24.9 Å². The Kier molecular flexibility index (Phi) is 6.90. The van der Waals surface area contributed by atoms with Gasteiger partial charge in [0.25, 0.3) is 0 Å². The Hall–Kier alpha value is -0.830. The molecule has 0 radical (unpaired) electrons. The molecule has 16 heavy (non-hydrogen) atoms. The monoisotopic (exact) mass is 223 g/mol. The van der Waals surface area contributed by atoms with Gasteiger partial charge in [-0.2, -0.15) is 0 Å². The molecule has 1 aromatic rings. The standard InChI is InChI=1S/C13H25N3/c1-3-4-5-6-7-9-16(2)10-8-13-11-14-12-15-13/h11-12H,3-10H2,1-2H3,(H,14,15). The smallest absolute Gasteiger partial charge is 0.0921 e. The summed E-state index contributed by atoms with van der Waals surface area (Å²) in [5.41, 5.74) is 1.23. The summed E-state index contributed by atoms with van der Waals surface area (Å²) < 4.78 is 0. The second-order valence-corrected chi connectivity index (χ2v) is 4.54. The van der Waals surface area contributed by atoms with Crippen molar-refractivity contribution in [3.05, 3.63) is 18.2 Å². The first kappa shape index (κ1) is 13.2. The van der Waals surface area contributed by atoms with Gasteiger partial charge in [-0.25, -0.2) is 4.98 Å². The number of unbranched alkanes of at least 4 members (excludes halogenated alkanes) is 4. The molecule has 0 aliphatic heterocycles. The number of nitrogens with zero attached hydrogens (tertiary/aromatic N) is 2. The van der Waals surface area contributed by atoms with Crippen molar-refractivity contribution in [3.8, 4) is 0 Å². The molecule has 0 saturated heterocycles. The Morgan fingerprint density at radius 2 is 2.00 bits per heavy atom. The van der Waals surface area contributed by atoms with Crippen LogP contribution in [0.5, 0.6) is 0 Å². The SMILES string of the molecule is CCCCCCCN(C)CCc1cnc[nH]1. The van der Waals surface area contributed by atoms with E-state index in [2.05, 4.69) is 28.8 Å². The normalized spacial score (nSPS) is 11.2. The highest BCUT2D eigenvalue weighted by Crippen LogP contribution is 2.03. The van der Waals surface area contributed by atoms with Crippen LogP contribution in [0.3, 0.4) is 0 Å². The van der Waals surface area contributed by atoms with E-state index in [-0.39, 0.29) is 0 Å². The number of rotatable bonds is 9. The molecule has 0 fully saturated rings. The number of aromatic amines is 1. The first-order valence-corrected chi connectivity index (χ1v) is 6.48. The Labute approximate surface area is 99.3 Å². The van der Waals surface area contributed by atoms with Crippen LogP contribution in [0.15, 0.2) is 12.5 Å². The summed E-state index contributed by atoms with van der Waals surface area (Å²) in [4.78, 5) is 9.57. The molecule has 3 heteroatoms. The molecule has 1 heterocycles. The van der Waals surface area contributed by atoms with Gasteiger partial charge >= 0.3 is 0 Å². The summed E-state index contributed by atoms with van der Waals surface area (Å²) in [6.07, 6.45) is 11.6. The highest BCUT2D eigenvalue weighted by atomic mass is 15.1. The molecular weight excluding hydrogens is 198 g/mol. The summed E-state index contributed by atoms with van der Waals surface area (Å²) in [6.45, 7) is 4.60. The average Bonchev–Trinajstić information content (AvgIpc) is 2.79. The molecule has 0 aromatic carbocycles. The molecule has 0 atom stereocenters. The minimum absolute atomic E-state index is 1.07. The van der Waals surface area contributed by atoms with Crippen molar-refractivity contribution in [2.45, 2.75) is 45.4 Å². The van der Waals surface area contributed by atoms with E-state index in [1.54, 1.807) is 6.33 Å². The largest absolute Gasteiger partial charge is 0.348 e. The second kappa shape index (κ2) is 8.34. The van der Waals surface area contributed by atoms with E-state index in [9.17, 15) is 0 Å². The number of hydrogen-bond acceptors (Lipinski definition) is 2. The van der Waals surface area contributed by atoms with Crippen molar-refractivity contribution in [2.75, 3.05) is 20.1 Å². The molecule has 92 valence electrons. The first-order valence-electron chi connectivity index (χ1n) is 6.48.